The van der Waals surface area contributed by atoms with Gasteiger partial charge in [0.1, 0.15) is 0 Å². The summed E-state index contributed by atoms with van der Waals surface area (Å²) < 4.78 is 4.75. The molecule has 2 heterocycles. The minimum atomic E-state index is -1.11. The Morgan fingerprint density at radius 3 is 3.06 bits per heavy atom. The number of likely N-dealkylation sites (tertiary alicyclic amines) is 1. The third kappa shape index (κ3) is 2.05. The number of halogens is 1. The first kappa shape index (κ1) is 11.4. The molecule has 5 nitrogen and oxygen atoms in total. The summed E-state index contributed by atoms with van der Waals surface area (Å²) in [6.07, 6.45) is 1.95. The van der Waals surface area contributed by atoms with Crippen molar-refractivity contribution in [2.24, 2.45) is 0 Å². The van der Waals surface area contributed by atoms with Crippen molar-refractivity contribution in [2.75, 3.05) is 20.1 Å². The van der Waals surface area contributed by atoms with Gasteiger partial charge in [-0.25, -0.2) is 4.79 Å². The van der Waals surface area contributed by atoms with E-state index in [9.17, 15) is 4.79 Å². The van der Waals surface area contributed by atoms with E-state index in [1.54, 1.807) is 0 Å². The van der Waals surface area contributed by atoms with Crippen LogP contribution in [0.5, 0.6) is 0 Å². The number of carboxylic acids is 1. The molecular formula is C10H13ClN2O3. The van der Waals surface area contributed by atoms with Gasteiger partial charge in [-0.05, 0) is 26.4 Å². The summed E-state index contributed by atoms with van der Waals surface area (Å²) in [5.41, 5.74) is 0.542. The van der Waals surface area contributed by atoms with Gasteiger partial charge < -0.3 is 14.5 Å². The molecular weight excluding hydrogens is 232 g/mol. The molecule has 1 unspecified atom stereocenters. The molecule has 1 aromatic heterocycles. The fraction of sp³-hybridized carbons (Fsp3) is 0.600. The quantitative estimate of drug-likeness (QED) is 0.860. The average Bonchev–Trinajstić information content (AvgIpc) is 2.60. The first-order chi connectivity index (χ1) is 7.59. The zero-order valence-corrected chi connectivity index (χ0v) is 9.70. The molecule has 0 bridgehead atoms. The van der Waals surface area contributed by atoms with Crippen LogP contribution in [0.3, 0.4) is 0 Å². The molecule has 1 N–H and O–H groups in total. The van der Waals surface area contributed by atoms with E-state index in [1.807, 2.05) is 7.05 Å². The van der Waals surface area contributed by atoms with Crippen molar-refractivity contribution < 1.29 is 14.4 Å². The smallest absolute Gasteiger partial charge is 0.375 e. The molecule has 1 fully saturated rings. The molecule has 1 aliphatic rings. The number of hydrogen-bond donors (Lipinski definition) is 1. The Morgan fingerprint density at radius 1 is 1.69 bits per heavy atom. The summed E-state index contributed by atoms with van der Waals surface area (Å²) in [4.78, 5) is 13.1. The minimum Gasteiger partial charge on any atom is -0.475 e. The molecule has 0 aromatic carbocycles. The molecule has 88 valence electrons. The van der Waals surface area contributed by atoms with Gasteiger partial charge in [-0.3, -0.25) is 0 Å². The van der Waals surface area contributed by atoms with Gasteiger partial charge in [-0.15, -0.1) is 0 Å². The van der Waals surface area contributed by atoms with Crippen molar-refractivity contribution in [3.05, 3.63) is 16.5 Å². The third-order valence-corrected chi connectivity index (χ3v) is 3.18. The van der Waals surface area contributed by atoms with Gasteiger partial charge in [0, 0.05) is 12.5 Å². The van der Waals surface area contributed by atoms with Crippen LogP contribution in [0.25, 0.3) is 0 Å². The van der Waals surface area contributed by atoms with Crippen molar-refractivity contribution in [2.45, 2.75) is 18.8 Å². The Labute approximate surface area is 98.0 Å². The minimum absolute atomic E-state index is 0.101. The van der Waals surface area contributed by atoms with Crippen molar-refractivity contribution in [1.29, 1.82) is 0 Å². The number of rotatable bonds is 2. The lowest BCUT2D eigenvalue weighted by molar-refractivity contribution is 0.0648. The molecule has 1 aromatic rings. The highest BCUT2D eigenvalue weighted by Gasteiger charge is 2.30. The molecule has 0 radical (unpaired) electrons. The Balaban J connectivity index is 2.31. The number of likely N-dealkylation sites (N-methyl/N-ethyl adjacent to an activating group) is 1. The van der Waals surface area contributed by atoms with Crippen LogP contribution in [-0.4, -0.2) is 41.3 Å². The van der Waals surface area contributed by atoms with Crippen LogP contribution in [0.4, 0.5) is 0 Å². The van der Waals surface area contributed by atoms with Gasteiger partial charge in [-0.1, -0.05) is 16.8 Å². The Bertz CT molecular complexity index is 405. The van der Waals surface area contributed by atoms with Crippen LogP contribution in [0.2, 0.25) is 5.15 Å². The first-order valence-corrected chi connectivity index (χ1v) is 5.54. The summed E-state index contributed by atoms with van der Waals surface area (Å²) in [6, 6.07) is 0. The molecule has 1 saturated heterocycles. The normalized spacial score (nSPS) is 22.2. The summed E-state index contributed by atoms with van der Waals surface area (Å²) in [5, 5.41) is 12.7. The molecule has 2 rings (SSSR count). The van der Waals surface area contributed by atoms with Crippen LogP contribution < -0.4 is 0 Å². The lowest BCUT2D eigenvalue weighted by Gasteiger charge is -2.29. The molecule has 1 aliphatic heterocycles. The van der Waals surface area contributed by atoms with Crippen molar-refractivity contribution >= 4 is 17.6 Å². The maximum Gasteiger partial charge on any atom is 0.375 e. The Kier molecular flexibility index (Phi) is 3.16. The van der Waals surface area contributed by atoms with Crippen LogP contribution in [0, 0.1) is 0 Å². The van der Waals surface area contributed by atoms with Crippen LogP contribution in [-0.2, 0) is 0 Å². The van der Waals surface area contributed by atoms with E-state index >= 15 is 0 Å². The van der Waals surface area contributed by atoms with E-state index in [2.05, 4.69) is 10.1 Å². The second-order valence-electron chi connectivity index (χ2n) is 4.12. The predicted molar refractivity (Wildman–Crippen MR) is 57.9 cm³/mol. The number of hydrogen-bond acceptors (Lipinski definition) is 4. The highest BCUT2D eigenvalue weighted by atomic mass is 35.5. The standard InChI is InChI=1S/C10H13ClN2O3/c1-13-4-2-3-6(5-13)7-8(10(14)15)16-12-9(7)11/h6H,2-5H2,1H3,(H,14,15). The molecule has 0 aliphatic carbocycles. The van der Waals surface area contributed by atoms with E-state index in [-0.39, 0.29) is 16.8 Å². The van der Waals surface area contributed by atoms with Crippen molar-refractivity contribution in [3.63, 3.8) is 0 Å². The summed E-state index contributed by atoms with van der Waals surface area (Å²) >= 11 is 5.88. The van der Waals surface area contributed by atoms with Crippen molar-refractivity contribution in [3.8, 4) is 0 Å². The van der Waals surface area contributed by atoms with Gasteiger partial charge in [-0.2, -0.15) is 0 Å². The Morgan fingerprint density at radius 2 is 2.44 bits per heavy atom. The number of nitrogens with zero attached hydrogens (tertiary/aromatic N) is 2. The number of carboxylic acid groups (broad SMARTS) is 1. The van der Waals surface area contributed by atoms with Gasteiger partial charge in [0.2, 0.25) is 5.76 Å². The van der Waals surface area contributed by atoms with Crippen LogP contribution in [0.1, 0.15) is 34.9 Å². The van der Waals surface area contributed by atoms with Gasteiger partial charge in [0.15, 0.2) is 5.15 Å². The molecule has 0 spiro atoms. The zero-order valence-electron chi connectivity index (χ0n) is 8.94. The summed E-state index contributed by atoms with van der Waals surface area (Å²) in [5.74, 6) is -1.13. The highest BCUT2D eigenvalue weighted by Crippen LogP contribution is 2.33. The second kappa shape index (κ2) is 4.43. The van der Waals surface area contributed by atoms with Gasteiger partial charge in [0.05, 0.1) is 5.56 Å². The molecule has 1 atom stereocenters. The van der Waals surface area contributed by atoms with E-state index in [0.717, 1.165) is 25.9 Å². The number of aromatic carboxylic acids is 1. The second-order valence-corrected chi connectivity index (χ2v) is 4.48. The summed E-state index contributed by atoms with van der Waals surface area (Å²) in [6.45, 7) is 1.82. The number of aromatic nitrogens is 1. The lowest BCUT2D eigenvalue weighted by Crippen LogP contribution is -2.31. The maximum absolute atomic E-state index is 11.0. The van der Waals surface area contributed by atoms with E-state index in [4.69, 9.17) is 21.2 Å². The topological polar surface area (TPSA) is 66.6 Å². The fourth-order valence-electron chi connectivity index (χ4n) is 2.19. The number of piperidine rings is 1. The van der Waals surface area contributed by atoms with Gasteiger partial charge >= 0.3 is 5.97 Å². The molecule has 0 amide bonds. The summed E-state index contributed by atoms with van der Waals surface area (Å²) in [7, 11) is 2.01. The van der Waals surface area contributed by atoms with Crippen molar-refractivity contribution in [1.82, 2.24) is 10.1 Å². The monoisotopic (exact) mass is 244 g/mol. The Hall–Kier alpha value is -1.07. The lowest BCUT2D eigenvalue weighted by atomic mass is 9.91. The SMILES string of the molecule is CN1CCCC(c2c(Cl)noc2C(=O)O)C1. The van der Waals surface area contributed by atoms with Gasteiger partial charge in [0.25, 0.3) is 0 Å². The van der Waals surface area contributed by atoms with Crippen LogP contribution >= 0.6 is 11.6 Å². The molecule has 16 heavy (non-hydrogen) atoms. The predicted octanol–water partition coefficient (Wildman–Crippen LogP) is 1.84. The maximum atomic E-state index is 11.0. The van der Waals surface area contributed by atoms with Crippen LogP contribution in [0.15, 0.2) is 4.52 Å². The largest absolute Gasteiger partial charge is 0.475 e. The third-order valence-electron chi connectivity index (χ3n) is 2.91. The highest BCUT2D eigenvalue weighted by molar-refractivity contribution is 6.30. The first-order valence-electron chi connectivity index (χ1n) is 5.16. The molecule has 0 saturated carbocycles. The average molecular weight is 245 g/mol. The number of carbonyl (C=O) groups is 1. The van der Waals surface area contributed by atoms with E-state index < -0.39 is 5.97 Å². The molecule has 6 heteroatoms. The van der Waals surface area contributed by atoms with E-state index in [0.29, 0.717) is 5.56 Å². The fourth-order valence-corrected chi connectivity index (χ4v) is 2.46. The zero-order chi connectivity index (χ0) is 11.7. The van der Waals surface area contributed by atoms with E-state index in [1.165, 1.54) is 0 Å².